The highest BCUT2D eigenvalue weighted by Gasteiger charge is 2.32. The van der Waals surface area contributed by atoms with E-state index in [1.807, 2.05) is 24.3 Å². The number of hydrogen-bond donors (Lipinski definition) is 2. The molecule has 0 spiro atoms. The molecular weight excluding hydrogens is 472 g/mol. The van der Waals surface area contributed by atoms with Gasteiger partial charge in [-0.1, -0.05) is 66.7 Å². The van der Waals surface area contributed by atoms with E-state index in [0.29, 0.717) is 31.7 Å². The van der Waals surface area contributed by atoms with E-state index in [0.717, 1.165) is 43.0 Å². The average molecular weight is 511 g/mol. The van der Waals surface area contributed by atoms with Crippen LogP contribution in [0.5, 0.6) is 11.5 Å². The Balaban J connectivity index is 1.13. The predicted molar refractivity (Wildman–Crippen MR) is 154 cm³/mol. The van der Waals surface area contributed by atoms with E-state index in [2.05, 4.69) is 72.0 Å². The monoisotopic (exact) mass is 510 g/mol. The number of fused-ring (bicyclic) bond motifs is 1. The van der Waals surface area contributed by atoms with Gasteiger partial charge in [-0.15, -0.1) is 0 Å². The number of methoxy groups -OCH3 is 1. The van der Waals surface area contributed by atoms with Crippen LogP contribution in [0.4, 0.5) is 0 Å². The molecule has 1 saturated heterocycles. The summed E-state index contributed by atoms with van der Waals surface area (Å²) in [6.07, 6.45) is 1.91. The highest BCUT2D eigenvalue weighted by atomic mass is 16.5. The highest BCUT2D eigenvalue weighted by molar-refractivity contribution is 5.83. The third-order valence-electron chi connectivity index (χ3n) is 7.61. The Labute approximate surface area is 225 Å². The van der Waals surface area contributed by atoms with Crippen LogP contribution in [-0.4, -0.2) is 33.4 Å². The van der Waals surface area contributed by atoms with Crippen LogP contribution in [0.15, 0.2) is 91.0 Å². The zero-order valence-electron chi connectivity index (χ0n) is 22.1. The Morgan fingerprint density at radius 1 is 0.895 bits per heavy atom. The zero-order valence-corrected chi connectivity index (χ0v) is 22.1. The summed E-state index contributed by atoms with van der Waals surface area (Å²) >= 11 is 0. The molecule has 5 rings (SSSR count). The first-order valence-electron chi connectivity index (χ1n) is 13.6. The van der Waals surface area contributed by atoms with E-state index < -0.39 is 0 Å². The van der Waals surface area contributed by atoms with Crippen LogP contribution in [0.1, 0.15) is 41.5 Å². The van der Waals surface area contributed by atoms with Gasteiger partial charge in [0.05, 0.1) is 26.9 Å². The summed E-state index contributed by atoms with van der Waals surface area (Å²) in [7, 11) is 1.68. The minimum absolute atomic E-state index is 0.0239. The molecule has 5 heteroatoms. The molecule has 3 atom stereocenters. The fraction of sp³-hybridized carbons (Fsp3) is 0.333. The van der Waals surface area contributed by atoms with Crippen LogP contribution < -0.4 is 20.5 Å². The topological polar surface area (TPSA) is 65.7 Å². The predicted octanol–water partition coefficient (Wildman–Crippen LogP) is 6.23. The molecule has 0 bridgehead atoms. The van der Waals surface area contributed by atoms with Gasteiger partial charge in [0.25, 0.3) is 0 Å². The lowest BCUT2D eigenvalue weighted by atomic mass is 9.75. The molecule has 4 aromatic rings. The quantitative estimate of drug-likeness (QED) is 0.234. The second kappa shape index (κ2) is 12.9. The molecule has 0 aliphatic carbocycles. The molecule has 38 heavy (non-hydrogen) atoms. The molecule has 4 aromatic carbocycles. The van der Waals surface area contributed by atoms with E-state index in [-0.39, 0.29) is 6.04 Å². The van der Waals surface area contributed by atoms with Crippen molar-refractivity contribution < 1.29 is 14.2 Å². The van der Waals surface area contributed by atoms with Gasteiger partial charge in [0.1, 0.15) is 11.5 Å². The molecule has 1 fully saturated rings. The number of piperidine rings is 1. The highest BCUT2D eigenvalue weighted by Crippen LogP contribution is 2.38. The smallest absolute Gasteiger partial charge is 0.124 e. The molecule has 3 unspecified atom stereocenters. The minimum Gasteiger partial charge on any atom is -0.496 e. The molecule has 0 amide bonds. The minimum atomic E-state index is -0.0239. The lowest BCUT2D eigenvalue weighted by molar-refractivity contribution is 0.105. The normalized spacial score (nSPS) is 18.3. The van der Waals surface area contributed by atoms with Crippen molar-refractivity contribution in [3.8, 4) is 11.5 Å². The molecule has 0 saturated carbocycles. The lowest BCUT2D eigenvalue weighted by Gasteiger charge is -2.36. The molecule has 3 N–H and O–H groups in total. The second-order valence-corrected chi connectivity index (χ2v) is 10.0. The number of nitrogens with two attached hydrogens (primary N) is 1. The number of benzene rings is 4. The molecular formula is C33H38N2O3. The summed E-state index contributed by atoms with van der Waals surface area (Å²) in [5.41, 5.74) is 10.5. The molecule has 0 radical (unpaired) electrons. The van der Waals surface area contributed by atoms with Gasteiger partial charge in [-0.3, -0.25) is 0 Å². The van der Waals surface area contributed by atoms with E-state index in [9.17, 15) is 0 Å². The summed E-state index contributed by atoms with van der Waals surface area (Å²) in [6, 6.07) is 31.6. The van der Waals surface area contributed by atoms with Gasteiger partial charge < -0.3 is 25.3 Å². The van der Waals surface area contributed by atoms with Crippen molar-refractivity contribution in [3.63, 3.8) is 0 Å². The Bertz CT molecular complexity index is 1310. The molecule has 5 nitrogen and oxygen atoms in total. The summed E-state index contributed by atoms with van der Waals surface area (Å²) < 4.78 is 17.2. The first kappa shape index (κ1) is 26.2. The number of ether oxygens (including phenoxy) is 3. The first-order valence-corrected chi connectivity index (χ1v) is 13.6. The van der Waals surface area contributed by atoms with E-state index in [4.69, 9.17) is 19.9 Å². The molecule has 1 aliphatic rings. The fourth-order valence-corrected chi connectivity index (χ4v) is 5.50. The van der Waals surface area contributed by atoms with Gasteiger partial charge in [-0.25, -0.2) is 0 Å². The third-order valence-corrected chi connectivity index (χ3v) is 7.61. The SMILES string of the molecule is COc1ccccc1COCCCOc1ccc(C2CCNCC2C(N)c2ccc3ccccc3c2)cc1. The Hall–Kier alpha value is -3.38. The number of nitrogens with one attached hydrogen (secondary N) is 1. The number of hydrogen-bond acceptors (Lipinski definition) is 5. The Morgan fingerprint density at radius 2 is 1.68 bits per heavy atom. The Morgan fingerprint density at radius 3 is 2.53 bits per heavy atom. The van der Waals surface area contributed by atoms with Crippen LogP contribution in [0.25, 0.3) is 10.8 Å². The van der Waals surface area contributed by atoms with Crippen LogP contribution in [0, 0.1) is 5.92 Å². The summed E-state index contributed by atoms with van der Waals surface area (Å²) in [5.74, 6) is 2.49. The molecule has 1 aliphatic heterocycles. The van der Waals surface area contributed by atoms with Crippen molar-refractivity contribution in [2.75, 3.05) is 33.4 Å². The van der Waals surface area contributed by atoms with Gasteiger partial charge in [0.15, 0.2) is 0 Å². The molecule has 0 aromatic heterocycles. The maximum absolute atomic E-state index is 6.89. The fourth-order valence-electron chi connectivity index (χ4n) is 5.50. The van der Waals surface area contributed by atoms with Crippen LogP contribution in [0.3, 0.4) is 0 Å². The lowest BCUT2D eigenvalue weighted by Crippen LogP contribution is -2.41. The van der Waals surface area contributed by atoms with Crippen molar-refractivity contribution in [2.45, 2.75) is 31.4 Å². The molecule has 198 valence electrons. The van der Waals surface area contributed by atoms with Crippen LogP contribution >= 0.6 is 0 Å². The van der Waals surface area contributed by atoms with Gasteiger partial charge in [-0.2, -0.15) is 0 Å². The van der Waals surface area contributed by atoms with E-state index >= 15 is 0 Å². The Kier molecular flexibility index (Phi) is 8.92. The maximum Gasteiger partial charge on any atom is 0.124 e. The average Bonchev–Trinajstić information content (AvgIpc) is 2.99. The first-order chi connectivity index (χ1) is 18.7. The standard InChI is InChI=1S/C33H38N2O3/c1-36-32-10-5-4-9-28(32)23-37-19-6-20-38-29-15-13-25(14-16-29)30-17-18-35-22-31(30)33(34)27-12-11-24-7-2-3-8-26(24)21-27/h2-5,7-16,21,30-31,33,35H,6,17-20,22-23,34H2,1H3. The second-order valence-electron chi connectivity index (χ2n) is 10.0. The largest absolute Gasteiger partial charge is 0.496 e. The van der Waals surface area contributed by atoms with E-state index in [1.165, 1.54) is 21.9 Å². The van der Waals surface area contributed by atoms with Gasteiger partial charge in [0.2, 0.25) is 0 Å². The van der Waals surface area contributed by atoms with Crippen molar-refractivity contribution in [2.24, 2.45) is 11.7 Å². The zero-order chi connectivity index (χ0) is 26.2. The van der Waals surface area contributed by atoms with Crippen molar-refractivity contribution in [1.82, 2.24) is 5.32 Å². The summed E-state index contributed by atoms with van der Waals surface area (Å²) in [6.45, 7) is 3.73. The van der Waals surface area contributed by atoms with Gasteiger partial charge in [0, 0.05) is 24.6 Å². The maximum atomic E-state index is 6.89. The summed E-state index contributed by atoms with van der Waals surface area (Å²) in [4.78, 5) is 0. The van der Waals surface area contributed by atoms with Gasteiger partial charge >= 0.3 is 0 Å². The third kappa shape index (κ3) is 6.36. The van der Waals surface area contributed by atoms with Crippen molar-refractivity contribution in [1.29, 1.82) is 0 Å². The van der Waals surface area contributed by atoms with Crippen molar-refractivity contribution >= 4 is 10.8 Å². The van der Waals surface area contributed by atoms with Crippen LogP contribution in [-0.2, 0) is 11.3 Å². The summed E-state index contributed by atoms with van der Waals surface area (Å²) in [5, 5.41) is 6.07. The molecule has 1 heterocycles. The van der Waals surface area contributed by atoms with Crippen LogP contribution in [0.2, 0.25) is 0 Å². The van der Waals surface area contributed by atoms with Gasteiger partial charge in [-0.05, 0) is 71.0 Å². The number of rotatable bonds is 11. The van der Waals surface area contributed by atoms with E-state index in [1.54, 1.807) is 7.11 Å². The van der Waals surface area contributed by atoms with Crippen molar-refractivity contribution in [3.05, 3.63) is 108 Å². The number of para-hydroxylation sites is 1.